The number of nitrogens with two attached hydrogens (primary N) is 1. The van der Waals surface area contributed by atoms with E-state index in [1.807, 2.05) is 36.1 Å². The standard InChI is InChI=1S/C17H20N2O2/c1-3-19-15(20)10-13(18)17(19)16-12-7-5-4-6-11(12)8-9-14(16)21-2/h4-9,13,17H,3,10,18H2,1-2H3. The second kappa shape index (κ2) is 5.37. The number of hydrogen-bond acceptors (Lipinski definition) is 3. The van der Waals surface area contributed by atoms with Crippen LogP contribution >= 0.6 is 0 Å². The number of fused-ring (bicyclic) bond motifs is 1. The second-order valence-corrected chi connectivity index (χ2v) is 5.40. The molecule has 0 radical (unpaired) electrons. The number of likely N-dealkylation sites (tertiary alicyclic amines) is 1. The molecule has 2 N–H and O–H groups in total. The summed E-state index contributed by atoms with van der Waals surface area (Å²) in [5, 5.41) is 2.24. The molecule has 4 nitrogen and oxygen atoms in total. The minimum atomic E-state index is -0.197. The highest BCUT2D eigenvalue weighted by Gasteiger charge is 2.39. The molecule has 4 heteroatoms. The van der Waals surface area contributed by atoms with Gasteiger partial charge in [-0.15, -0.1) is 0 Å². The van der Waals surface area contributed by atoms with Gasteiger partial charge in [0.1, 0.15) is 5.75 Å². The zero-order valence-electron chi connectivity index (χ0n) is 12.4. The van der Waals surface area contributed by atoms with Crippen LogP contribution in [0.2, 0.25) is 0 Å². The van der Waals surface area contributed by atoms with Gasteiger partial charge in [0.15, 0.2) is 0 Å². The first kappa shape index (κ1) is 13.9. The molecule has 1 saturated heterocycles. The van der Waals surface area contributed by atoms with Crippen molar-refractivity contribution in [2.75, 3.05) is 13.7 Å². The summed E-state index contributed by atoms with van der Waals surface area (Å²) in [7, 11) is 1.66. The number of rotatable bonds is 3. The Labute approximate surface area is 124 Å². The first-order valence-electron chi connectivity index (χ1n) is 7.28. The maximum atomic E-state index is 12.1. The molecule has 3 rings (SSSR count). The molecule has 2 aromatic rings. The van der Waals surface area contributed by atoms with E-state index in [2.05, 4.69) is 12.1 Å². The largest absolute Gasteiger partial charge is 0.496 e. The van der Waals surface area contributed by atoms with E-state index < -0.39 is 0 Å². The lowest BCUT2D eigenvalue weighted by molar-refractivity contribution is -0.128. The van der Waals surface area contributed by atoms with Gasteiger partial charge in [-0.05, 0) is 23.8 Å². The average Bonchev–Trinajstić information content (AvgIpc) is 2.79. The summed E-state index contributed by atoms with van der Waals surface area (Å²) in [5.74, 6) is 0.910. The number of hydrogen-bond donors (Lipinski definition) is 1. The van der Waals surface area contributed by atoms with Gasteiger partial charge in [-0.2, -0.15) is 0 Å². The fourth-order valence-corrected chi connectivity index (χ4v) is 3.32. The summed E-state index contributed by atoms with van der Waals surface area (Å²) in [5.41, 5.74) is 7.29. The van der Waals surface area contributed by atoms with Crippen LogP contribution in [0, 0.1) is 0 Å². The van der Waals surface area contributed by atoms with Gasteiger partial charge in [-0.25, -0.2) is 0 Å². The van der Waals surface area contributed by atoms with E-state index in [4.69, 9.17) is 10.5 Å². The summed E-state index contributed by atoms with van der Waals surface area (Å²) in [6.45, 7) is 2.64. The predicted octanol–water partition coefficient (Wildman–Crippen LogP) is 2.47. The Bertz CT molecular complexity index is 684. The van der Waals surface area contributed by atoms with Crippen LogP contribution in [0.1, 0.15) is 24.9 Å². The highest BCUT2D eigenvalue weighted by Crippen LogP contribution is 2.41. The fourth-order valence-electron chi connectivity index (χ4n) is 3.32. The van der Waals surface area contributed by atoms with Gasteiger partial charge in [0.2, 0.25) is 5.91 Å². The monoisotopic (exact) mass is 284 g/mol. The molecular weight excluding hydrogens is 264 g/mol. The molecule has 0 saturated carbocycles. The van der Waals surface area contributed by atoms with Crippen molar-refractivity contribution in [2.24, 2.45) is 5.73 Å². The molecule has 2 atom stereocenters. The quantitative estimate of drug-likeness (QED) is 0.942. The number of carbonyl (C=O) groups excluding carboxylic acids is 1. The molecule has 1 fully saturated rings. The van der Waals surface area contributed by atoms with Crippen molar-refractivity contribution in [3.8, 4) is 5.75 Å². The van der Waals surface area contributed by atoms with E-state index in [9.17, 15) is 4.79 Å². The summed E-state index contributed by atoms with van der Waals surface area (Å²) in [4.78, 5) is 14.0. The first-order valence-corrected chi connectivity index (χ1v) is 7.28. The maximum absolute atomic E-state index is 12.1. The lowest BCUT2D eigenvalue weighted by atomic mass is 9.93. The maximum Gasteiger partial charge on any atom is 0.224 e. The molecule has 0 aromatic heterocycles. The van der Waals surface area contributed by atoms with Gasteiger partial charge in [0.05, 0.1) is 13.2 Å². The number of likely N-dealkylation sites (N-methyl/N-ethyl adjacent to an activating group) is 1. The average molecular weight is 284 g/mol. The van der Waals surface area contributed by atoms with Crippen molar-refractivity contribution in [1.29, 1.82) is 0 Å². The topological polar surface area (TPSA) is 55.6 Å². The van der Waals surface area contributed by atoms with Gasteiger partial charge >= 0.3 is 0 Å². The van der Waals surface area contributed by atoms with Crippen LogP contribution < -0.4 is 10.5 Å². The summed E-state index contributed by atoms with van der Waals surface area (Å²) in [6, 6.07) is 11.8. The highest BCUT2D eigenvalue weighted by molar-refractivity contribution is 5.90. The van der Waals surface area contributed by atoms with Crippen molar-refractivity contribution in [3.63, 3.8) is 0 Å². The zero-order valence-corrected chi connectivity index (χ0v) is 12.4. The molecule has 2 unspecified atom stereocenters. The van der Waals surface area contributed by atoms with Gasteiger partial charge in [0, 0.05) is 24.6 Å². The minimum absolute atomic E-state index is 0.116. The van der Waals surface area contributed by atoms with E-state index in [0.717, 1.165) is 22.1 Å². The normalized spacial score (nSPS) is 22.0. The minimum Gasteiger partial charge on any atom is -0.496 e. The zero-order chi connectivity index (χ0) is 15.0. The number of benzene rings is 2. The molecule has 1 aliphatic rings. The van der Waals surface area contributed by atoms with Gasteiger partial charge in [-0.1, -0.05) is 30.3 Å². The Morgan fingerprint density at radius 3 is 2.76 bits per heavy atom. The molecule has 1 amide bonds. The van der Waals surface area contributed by atoms with Gasteiger partial charge in [-0.3, -0.25) is 4.79 Å². The number of carbonyl (C=O) groups is 1. The van der Waals surface area contributed by atoms with Crippen molar-refractivity contribution >= 4 is 16.7 Å². The first-order chi connectivity index (χ1) is 10.2. The van der Waals surface area contributed by atoms with Crippen molar-refractivity contribution in [3.05, 3.63) is 42.0 Å². The van der Waals surface area contributed by atoms with E-state index in [-0.39, 0.29) is 18.0 Å². The third-order valence-corrected chi connectivity index (χ3v) is 4.26. The summed E-state index contributed by atoms with van der Waals surface area (Å²) >= 11 is 0. The highest BCUT2D eigenvalue weighted by atomic mass is 16.5. The molecule has 1 heterocycles. The van der Waals surface area contributed by atoms with Gasteiger partial charge in [0.25, 0.3) is 0 Å². The Kier molecular flexibility index (Phi) is 3.55. The van der Waals surface area contributed by atoms with E-state index in [1.54, 1.807) is 7.11 Å². The third-order valence-electron chi connectivity index (χ3n) is 4.26. The Balaban J connectivity index is 2.24. The predicted molar refractivity (Wildman–Crippen MR) is 83.2 cm³/mol. The van der Waals surface area contributed by atoms with Crippen molar-refractivity contribution < 1.29 is 9.53 Å². The molecule has 0 bridgehead atoms. The molecule has 1 aliphatic heterocycles. The van der Waals surface area contributed by atoms with Crippen LogP contribution in [0.3, 0.4) is 0 Å². The molecule has 110 valence electrons. The smallest absolute Gasteiger partial charge is 0.224 e. The van der Waals surface area contributed by atoms with Crippen LogP contribution in [0.4, 0.5) is 0 Å². The number of amides is 1. The number of nitrogens with zero attached hydrogens (tertiary/aromatic N) is 1. The van der Waals surface area contributed by atoms with Crippen LogP contribution in [0.15, 0.2) is 36.4 Å². The fraction of sp³-hybridized carbons (Fsp3) is 0.353. The van der Waals surface area contributed by atoms with Crippen LogP contribution in [-0.4, -0.2) is 30.5 Å². The second-order valence-electron chi connectivity index (χ2n) is 5.40. The SMILES string of the molecule is CCN1C(=O)CC(N)C1c1c(OC)ccc2ccccc12. The Hall–Kier alpha value is -2.07. The number of methoxy groups -OCH3 is 1. The Morgan fingerprint density at radius 2 is 2.05 bits per heavy atom. The van der Waals surface area contributed by atoms with Crippen LogP contribution in [0.25, 0.3) is 10.8 Å². The molecule has 0 spiro atoms. The molecule has 0 aliphatic carbocycles. The van der Waals surface area contributed by atoms with Gasteiger partial charge < -0.3 is 15.4 Å². The molecule has 2 aromatic carbocycles. The van der Waals surface area contributed by atoms with E-state index in [0.29, 0.717) is 13.0 Å². The summed E-state index contributed by atoms with van der Waals surface area (Å²) < 4.78 is 5.55. The molecular formula is C17H20N2O2. The van der Waals surface area contributed by atoms with Crippen LogP contribution in [0.5, 0.6) is 5.75 Å². The summed E-state index contributed by atoms with van der Waals surface area (Å²) in [6.07, 6.45) is 0.394. The van der Waals surface area contributed by atoms with Crippen molar-refractivity contribution in [1.82, 2.24) is 4.90 Å². The van der Waals surface area contributed by atoms with Crippen LogP contribution in [-0.2, 0) is 4.79 Å². The number of ether oxygens (including phenoxy) is 1. The lowest BCUT2D eigenvalue weighted by Crippen LogP contribution is -2.33. The van der Waals surface area contributed by atoms with Crippen molar-refractivity contribution in [2.45, 2.75) is 25.4 Å². The Morgan fingerprint density at radius 1 is 1.29 bits per heavy atom. The van der Waals surface area contributed by atoms with E-state index in [1.165, 1.54) is 0 Å². The van der Waals surface area contributed by atoms with E-state index >= 15 is 0 Å². The molecule has 21 heavy (non-hydrogen) atoms. The third kappa shape index (κ3) is 2.16. The lowest BCUT2D eigenvalue weighted by Gasteiger charge is -2.28.